The molecule has 2 nitrogen and oxygen atoms in total. The molecule has 0 amide bonds. The molecule has 0 fully saturated rings. The molecular formula is C17H18O2. The van der Waals surface area contributed by atoms with Gasteiger partial charge in [-0.3, -0.25) is 0 Å². The fraction of sp³-hybridized carbons (Fsp3) is 0.294. The van der Waals surface area contributed by atoms with Crippen LogP contribution in [0.3, 0.4) is 0 Å². The van der Waals surface area contributed by atoms with Gasteiger partial charge in [0.25, 0.3) is 0 Å². The third-order valence-electron chi connectivity index (χ3n) is 3.32. The van der Waals surface area contributed by atoms with E-state index in [1.165, 1.54) is 5.56 Å². The molecule has 0 saturated carbocycles. The first-order chi connectivity index (χ1) is 8.95. The Morgan fingerprint density at radius 3 is 2.37 bits per heavy atom. The lowest BCUT2D eigenvalue weighted by molar-refractivity contribution is 0.349. The van der Waals surface area contributed by atoms with E-state index in [0.717, 1.165) is 28.6 Å². The lowest BCUT2D eigenvalue weighted by atomic mass is 9.86. The molecule has 0 radical (unpaired) electrons. The predicted octanol–water partition coefficient (Wildman–Crippen LogP) is 5.19. The average Bonchev–Trinajstić information content (AvgIpc) is 2.34. The Kier molecular flexibility index (Phi) is 2.56. The molecule has 98 valence electrons. The van der Waals surface area contributed by atoms with E-state index in [1.807, 2.05) is 30.3 Å². The summed E-state index contributed by atoms with van der Waals surface area (Å²) in [5.41, 5.74) is 2.35. The number of para-hydroxylation sites is 1. The molecule has 3 rings (SSSR count). The highest BCUT2D eigenvalue weighted by molar-refractivity contribution is 5.59. The van der Waals surface area contributed by atoms with Crippen molar-refractivity contribution in [2.75, 3.05) is 0 Å². The van der Waals surface area contributed by atoms with Crippen LogP contribution in [0.1, 0.15) is 31.9 Å². The second-order valence-electron chi connectivity index (χ2n) is 6.04. The molecule has 0 N–H and O–H groups in total. The lowest BCUT2D eigenvalue weighted by Crippen LogP contribution is -2.14. The molecule has 0 spiro atoms. The summed E-state index contributed by atoms with van der Waals surface area (Å²) in [6.45, 7) is 8.59. The van der Waals surface area contributed by atoms with Gasteiger partial charge >= 0.3 is 0 Å². The van der Waals surface area contributed by atoms with Crippen molar-refractivity contribution in [1.82, 2.24) is 0 Å². The third-order valence-corrected chi connectivity index (χ3v) is 3.32. The highest BCUT2D eigenvalue weighted by Gasteiger charge is 2.26. The molecule has 2 heteroatoms. The van der Waals surface area contributed by atoms with E-state index >= 15 is 0 Å². The van der Waals surface area contributed by atoms with E-state index in [0.29, 0.717) is 0 Å². The number of aryl methyl sites for hydroxylation is 1. The Balaban J connectivity index is 2.13. The Morgan fingerprint density at radius 1 is 0.842 bits per heavy atom. The van der Waals surface area contributed by atoms with Gasteiger partial charge < -0.3 is 9.47 Å². The molecule has 0 bridgehead atoms. The molecule has 2 aromatic carbocycles. The molecule has 2 aromatic rings. The molecule has 1 heterocycles. The van der Waals surface area contributed by atoms with E-state index in [4.69, 9.17) is 9.47 Å². The topological polar surface area (TPSA) is 18.5 Å². The number of benzene rings is 2. The molecule has 19 heavy (non-hydrogen) atoms. The number of hydrogen-bond donors (Lipinski definition) is 0. The van der Waals surface area contributed by atoms with Crippen molar-refractivity contribution >= 4 is 0 Å². The van der Waals surface area contributed by atoms with Crippen LogP contribution in [0.2, 0.25) is 0 Å². The highest BCUT2D eigenvalue weighted by atomic mass is 16.6. The van der Waals surface area contributed by atoms with Crippen LogP contribution in [0.5, 0.6) is 23.0 Å². The predicted molar refractivity (Wildman–Crippen MR) is 76.5 cm³/mol. The molecule has 0 atom stereocenters. The van der Waals surface area contributed by atoms with Gasteiger partial charge in [0.15, 0.2) is 23.0 Å². The Morgan fingerprint density at radius 2 is 1.63 bits per heavy atom. The summed E-state index contributed by atoms with van der Waals surface area (Å²) < 4.78 is 12.0. The Labute approximate surface area is 114 Å². The van der Waals surface area contributed by atoms with Gasteiger partial charge in [0.05, 0.1) is 0 Å². The third kappa shape index (κ3) is 2.07. The summed E-state index contributed by atoms with van der Waals surface area (Å²) in [7, 11) is 0. The molecule has 1 aliphatic heterocycles. The summed E-state index contributed by atoms with van der Waals surface area (Å²) >= 11 is 0. The minimum absolute atomic E-state index is 0.0238. The van der Waals surface area contributed by atoms with Crippen LogP contribution in [0.25, 0.3) is 0 Å². The SMILES string of the molecule is Cc1ccc2c(c1)Oc1c(cccc1C(C)(C)C)O2. The zero-order chi connectivity index (χ0) is 13.6. The number of fused-ring (bicyclic) bond motifs is 2. The first kappa shape index (κ1) is 12.1. The smallest absolute Gasteiger partial charge is 0.173 e. The van der Waals surface area contributed by atoms with Gasteiger partial charge in [0.1, 0.15) is 0 Å². The van der Waals surface area contributed by atoms with Crippen LogP contribution in [-0.4, -0.2) is 0 Å². The maximum absolute atomic E-state index is 6.09. The minimum atomic E-state index is 0.0238. The van der Waals surface area contributed by atoms with Gasteiger partial charge in [0, 0.05) is 5.56 Å². The molecule has 1 aliphatic rings. The fourth-order valence-corrected chi connectivity index (χ4v) is 2.30. The summed E-state index contributed by atoms with van der Waals surface area (Å²) in [6, 6.07) is 12.1. The zero-order valence-electron chi connectivity index (χ0n) is 11.8. The second-order valence-corrected chi connectivity index (χ2v) is 6.04. The van der Waals surface area contributed by atoms with Crippen molar-refractivity contribution in [3.05, 3.63) is 47.5 Å². The van der Waals surface area contributed by atoms with E-state index < -0.39 is 0 Å². The van der Waals surface area contributed by atoms with E-state index in [1.54, 1.807) is 0 Å². The van der Waals surface area contributed by atoms with Crippen LogP contribution in [-0.2, 0) is 5.41 Å². The Hall–Kier alpha value is -1.96. The molecule has 0 saturated heterocycles. The zero-order valence-corrected chi connectivity index (χ0v) is 11.8. The molecule has 0 unspecified atom stereocenters. The van der Waals surface area contributed by atoms with Gasteiger partial charge in [-0.2, -0.15) is 0 Å². The van der Waals surface area contributed by atoms with Crippen LogP contribution in [0.15, 0.2) is 36.4 Å². The van der Waals surface area contributed by atoms with Crippen molar-refractivity contribution in [2.45, 2.75) is 33.1 Å². The maximum atomic E-state index is 6.09. The first-order valence-corrected chi connectivity index (χ1v) is 6.55. The van der Waals surface area contributed by atoms with E-state index in [2.05, 4.69) is 33.8 Å². The van der Waals surface area contributed by atoms with Crippen molar-refractivity contribution in [2.24, 2.45) is 0 Å². The Bertz CT molecular complexity index is 636. The minimum Gasteiger partial charge on any atom is -0.450 e. The standard InChI is InChI=1S/C17H18O2/c1-11-8-9-13-15(10-11)19-16-12(17(2,3)4)6-5-7-14(16)18-13/h5-10H,1-4H3. The molecule has 0 aromatic heterocycles. The maximum Gasteiger partial charge on any atom is 0.173 e. The molecule has 0 aliphatic carbocycles. The summed E-state index contributed by atoms with van der Waals surface area (Å²) in [5.74, 6) is 3.21. The quantitative estimate of drug-likeness (QED) is 0.549. The van der Waals surface area contributed by atoms with Crippen LogP contribution >= 0.6 is 0 Å². The lowest BCUT2D eigenvalue weighted by Gasteiger charge is -2.28. The van der Waals surface area contributed by atoms with Gasteiger partial charge in [-0.25, -0.2) is 0 Å². The van der Waals surface area contributed by atoms with E-state index in [9.17, 15) is 0 Å². The first-order valence-electron chi connectivity index (χ1n) is 6.55. The van der Waals surface area contributed by atoms with E-state index in [-0.39, 0.29) is 5.41 Å². The van der Waals surface area contributed by atoms with Gasteiger partial charge in [0.2, 0.25) is 0 Å². The number of ether oxygens (including phenoxy) is 2. The summed E-state index contributed by atoms with van der Waals surface area (Å²) in [5, 5.41) is 0. The normalized spacial score (nSPS) is 13.1. The van der Waals surface area contributed by atoms with Gasteiger partial charge in [-0.15, -0.1) is 0 Å². The van der Waals surface area contributed by atoms with Gasteiger partial charge in [-0.1, -0.05) is 39.0 Å². The molecular weight excluding hydrogens is 236 g/mol. The number of rotatable bonds is 0. The van der Waals surface area contributed by atoms with Crippen LogP contribution < -0.4 is 9.47 Å². The fourth-order valence-electron chi connectivity index (χ4n) is 2.30. The largest absolute Gasteiger partial charge is 0.450 e. The van der Waals surface area contributed by atoms with Crippen molar-refractivity contribution in [1.29, 1.82) is 0 Å². The number of hydrogen-bond acceptors (Lipinski definition) is 2. The van der Waals surface area contributed by atoms with Crippen LogP contribution in [0.4, 0.5) is 0 Å². The highest BCUT2D eigenvalue weighted by Crippen LogP contribution is 2.49. The summed E-state index contributed by atoms with van der Waals surface area (Å²) in [6.07, 6.45) is 0. The average molecular weight is 254 g/mol. The summed E-state index contributed by atoms with van der Waals surface area (Å²) in [4.78, 5) is 0. The van der Waals surface area contributed by atoms with Crippen molar-refractivity contribution < 1.29 is 9.47 Å². The monoisotopic (exact) mass is 254 g/mol. The van der Waals surface area contributed by atoms with Crippen molar-refractivity contribution in [3.8, 4) is 23.0 Å². The van der Waals surface area contributed by atoms with Gasteiger partial charge in [-0.05, 0) is 36.1 Å². The van der Waals surface area contributed by atoms with Crippen LogP contribution in [0, 0.1) is 6.92 Å². The second kappa shape index (κ2) is 4.02. The van der Waals surface area contributed by atoms with Crippen molar-refractivity contribution in [3.63, 3.8) is 0 Å².